The molecule has 0 atom stereocenters. The highest BCUT2D eigenvalue weighted by Crippen LogP contribution is 2.35. The van der Waals surface area contributed by atoms with Crippen molar-refractivity contribution in [2.45, 2.75) is 21.3 Å². The van der Waals surface area contributed by atoms with E-state index in [9.17, 15) is 0 Å². The number of hydrogen-bond donors (Lipinski definition) is 0. The molecule has 41 heavy (non-hydrogen) atoms. The van der Waals surface area contributed by atoms with Crippen LogP contribution in [0.1, 0.15) is 22.3 Å². The zero-order chi connectivity index (χ0) is 28.9. The van der Waals surface area contributed by atoms with E-state index >= 15 is 0 Å². The quantitative estimate of drug-likeness (QED) is 0.0641. The van der Waals surface area contributed by atoms with Crippen molar-refractivity contribution in [2.24, 2.45) is 0 Å². The molecular weight excluding hydrogens is 784 g/mol. The number of halogens is 4. The highest BCUT2D eigenvalue weighted by molar-refractivity contribution is 9.09. The monoisotopic (exact) mass is 810 g/mol. The van der Waals surface area contributed by atoms with Crippen molar-refractivity contribution in [1.82, 2.24) is 0 Å². The van der Waals surface area contributed by atoms with E-state index in [2.05, 4.69) is 112 Å². The van der Waals surface area contributed by atoms with Gasteiger partial charge in [-0.2, -0.15) is 0 Å². The van der Waals surface area contributed by atoms with Gasteiger partial charge >= 0.3 is 0 Å². The van der Waals surface area contributed by atoms with Crippen LogP contribution >= 0.6 is 63.7 Å². The van der Waals surface area contributed by atoms with Crippen molar-refractivity contribution >= 4 is 63.7 Å². The molecule has 0 spiro atoms. The summed E-state index contributed by atoms with van der Waals surface area (Å²) in [6.45, 7) is 0.164. The molecule has 5 nitrogen and oxygen atoms in total. The van der Waals surface area contributed by atoms with Crippen molar-refractivity contribution in [3.05, 3.63) is 107 Å². The predicted molar refractivity (Wildman–Crippen MR) is 178 cm³/mol. The highest BCUT2D eigenvalue weighted by Gasteiger charge is 2.14. The van der Waals surface area contributed by atoms with Gasteiger partial charge in [-0.1, -0.05) is 124 Å². The molecule has 0 bridgehead atoms. The predicted octanol–water partition coefficient (Wildman–Crippen LogP) is 9.94. The molecule has 216 valence electrons. The maximum atomic E-state index is 5.98. The van der Waals surface area contributed by atoms with Crippen LogP contribution < -0.4 is 9.47 Å². The zero-order valence-corrected chi connectivity index (χ0v) is 28.6. The Morgan fingerprint density at radius 3 is 1.02 bits per heavy atom. The van der Waals surface area contributed by atoms with E-state index in [-0.39, 0.29) is 27.2 Å². The van der Waals surface area contributed by atoms with Gasteiger partial charge in [0.05, 0.1) is 0 Å². The van der Waals surface area contributed by atoms with E-state index in [1.807, 2.05) is 36.4 Å². The summed E-state index contributed by atoms with van der Waals surface area (Å²) in [5.41, 5.74) is 8.80. The maximum absolute atomic E-state index is 5.98. The molecule has 4 aromatic carbocycles. The third-order valence-corrected chi connectivity index (χ3v) is 8.60. The van der Waals surface area contributed by atoms with Gasteiger partial charge in [-0.15, -0.1) is 0 Å². The summed E-state index contributed by atoms with van der Waals surface area (Å²) in [6.07, 6.45) is 0. The highest BCUT2D eigenvalue weighted by atomic mass is 79.9. The number of ether oxygens (including phenoxy) is 5. The third kappa shape index (κ3) is 9.13. The Morgan fingerprint density at radius 1 is 0.390 bits per heavy atom. The lowest BCUT2D eigenvalue weighted by molar-refractivity contribution is -0.169. The fraction of sp³-hybridized carbons (Fsp3) is 0.250. The summed E-state index contributed by atoms with van der Waals surface area (Å²) in [7, 11) is 0. The molecule has 0 aliphatic carbocycles. The fourth-order valence-electron chi connectivity index (χ4n) is 4.29. The van der Waals surface area contributed by atoms with E-state index in [1.165, 1.54) is 0 Å². The number of rotatable bonds is 16. The van der Waals surface area contributed by atoms with Crippen molar-refractivity contribution in [2.75, 3.05) is 27.2 Å². The Labute approximate surface area is 275 Å². The SMILES string of the molecule is BrCc1cc(-c2ccccc2)cc(CBr)c1OCOCOCOCOc1c(CBr)cc(-c2ccccc2)cc1CBr. The van der Waals surface area contributed by atoms with Crippen molar-refractivity contribution in [3.63, 3.8) is 0 Å². The molecule has 9 heteroatoms. The van der Waals surface area contributed by atoms with Crippen LogP contribution in [0.5, 0.6) is 11.5 Å². The summed E-state index contributed by atoms with van der Waals surface area (Å²) in [6, 6.07) is 29.1. The van der Waals surface area contributed by atoms with Gasteiger partial charge in [0.1, 0.15) is 11.5 Å². The minimum absolute atomic E-state index is 0.0282. The summed E-state index contributed by atoms with van der Waals surface area (Å²) in [5.74, 6) is 1.60. The van der Waals surface area contributed by atoms with E-state index in [0.717, 1.165) is 56.0 Å². The summed E-state index contributed by atoms with van der Waals surface area (Å²) in [4.78, 5) is 0. The molecule has 0 radical (unpaired) electrons. The molecule has 0 aliphatic heterocycles. The lowest BCUT2D eigenvalue weighted by Crippen LogP contribution is -2.12. The summed E-state index contributed by atoms with van der Waals surface area (Å²) >= 11 is 14.4. The molecular formula is C32H30Br4O5. The standard InChI is InChI=1S/C32H30Br4O5/c33-15-27-11-25(23-7-3-1-4-8-23)12-28(16-34)31(27)40-21-38-19-37-20-39-22-41-32-29(17-35)13-26(14-30(32)18-36)24-9-5-2-6-10-24/h1-14H,15-22H2. The van der Waals surface area contributed by atoms with Crippen LogP contribution in [0.2, 0.25) is 0 Å². The summed E-state index contributed by atoms with van der Waals surface area (Å²) < 4.78 is 28.5. The van der Waals surface area contributed by atoms with E-state index in [0.29, 0.717) is 21.3 Å². The summed E-state index contributed by atoms with van der Waals surface area (Å²) in [5, 5.41) is 2.65. The molecule has 0 saturated carbocycles. The average Bonchev–Trinajstić information content (AvgIpc) is 3.04. The lowest BCUT2D eigenvalue weighted by Gasteiger charge is -2.17. The smallest absolute Gasteiger partial charge is 0.191 e. The number of benzene rings is 4. The van der Waals surface area contributed by atoms with Gasteiger partial charge in [-0.3, -0.25) is 0 Å². The molecule has 0 saturated heterocycles. The molecule has 0 heterocycles. The molecule has 0 unspecified atom stereocenters. The van der Waals surface area contributed by atoms with Gasteiger partial charge in [0, 0.05) is 43.6 Å². The van der Waals surface area contributed by atoms with Crippen LogP contribution in [-0.4, -0.2) is 27.2 Å². The Balaban J connectivity index is 1.22. The fourth-order valence-corrected chi connectivity index (χ4v) is 5.96. The van der Waals surface area contributed by atoms with Gasteiger partial charge in [-0.05, 0) is 46.5 Å². The first-order valence-corrected chi connectivity index (χ1v) is 17.3. The van der Waals surface area contributed by atoms with Crippen molar-refractivity contribution in [3.8, 4) is 33.8 Å². The van der Waals surface area contributed by atoms with Gasteiger partial charge in [0.15, 0.2) is 27.2 Å². The molecule has 0 aliphatic rings. The van der Waals surface area contributed by atoms with Crippen LogP contribution in [0.25, 0.3) is 22.3 Å². The minimum Gasteiger partial charge on any atom is -0.467 e. The molecule has 4 aromatic rings. The van der Waals surface area contributed by atoms with Crippen LogP contribution in [-0.2, 0) is 35.5 Å². The second-order valence-electron chi connectivity index (χ2n) is 8.89. The number of alkyl halides is 4. The molecule has 0 fully saturated rings. The van der Waals surface area contributed by atoms with E-state index in [4.69, 9.17) is 23.7 Å². The lowest BCUT2D eigenvalue weighted by atomic mass is 10.00. The van der Waals surface area contributed by atoms with Gasteiger partial charge in [-0.25, -0.2) is 0 Å². The molecule has 0 N–H and O–H groups in total. The molecule has 0 amide bonds. The maximum Gasteiger partial charge on any atom is 0.191 e. The second-order valence-corrected chi connectivity index (χ2v) is 11.1. The Kier molecular flexibility index (Phi) is 13.7. The zero-order valence-electron chi connectivity index (χ0n) is 22.3. The first kappa shape index (κ1) is 32.2. The van der Waals surface area contributed by atoms with Gasteiger partial charge in [0.25, 0.3) is 0 Å². The van der Waals surface area contributed by atoms with Crippen molar-refractivity contribution in [1.29, 1.82) is 0 Å². The van der Waals surface area contributed by atoms with E-state index in [1.54, 1.807) is 0 Å². The third-order valence-electron chi connectivity index (χ3n) is 6.18. The average molecular weight is 814 g/mol. The van der Waals surface area contributed by atoms with Gasteiger partial charge < -0.3 is 23.7 Å². The molecule has 4 rings (SSSR count). The van der Waals surface area contributed by atoms with Crippen molar-refractivity contribution < 1.29 is 23.7 Å². The minimum atomic E-state index is 0.0282. The van der Waals surface area contributed by atoms with Crippen LogP contribution in [0.3, 0.4) is 0 Å². The molecule has 0 aromatic heterocycles. The largest absolute Gasteiger partial charge is 0.467 e. The van der Waals surface area contributed by atoms with Crippen LogP contribution in [0.15, 0.2) is 84.9 Å². The van der Waals surface area contributed by atoms with Gasteiger partial charge in [0.2, 0.25) is 0 Å². The Hall–Kier alpha value is -1.72. The normalized spacial score (nSPS) is 11.0. The Morgan fingerprint density at radius 2 is 0.707 bits per heavy atom. The Bertz CT molecular complexity index is 1210. The number of hydrogen-bond acceptors (Lipinski definition) is 5. The second kappa shape index (κ2) is 17.4. The topological polar surface area (TPSA) is 46.2 Å². The van der Waals surface area contributed by atoms with Crippen LogP contribution in [0, 0.1) is 0 Å². The van der Waals surface area contributed by atoms with E-state index < -0.39 is 0 Å². The van der Waals surface area contributed by atoms with Crippen LogP contribution in [0.4, 0.5) is 0 Å². The first-order valence-electron chi connectivity index (χ1n) is 12.8. The first-order chi connectivity index (χ1) is 20.2.